The van der Waals surface area contributed by atoms with Crippen molar-refractivity contribution in [3.8, 4) is 5.69 Å². The Bertz CT molecular complexity index is 723. The molecule has 0 radical (unpaired) electrons. The molecule has 2 unspecified atom stereocenters. The van der Waals surface area contributed by atoms with Gasteiger partial charge in [-0.1, -0.05) is 18.2 Å². The van der Waals surface area contributed by atoms with Gasteiger partial charge in [0.05, 0.1) is 24.9 Å². The molecule has 7 heteroatoms. The molecule has 1 amide bonds. The first kappa shape index (κ1) is 17.2. The molecular weight excluding hydrogens is 322 g/mol. The molecule has 2 N–H and O–H groups in total. The van der Waals surface area contributed by atoms with Gasteiger partial charge in [0.1, 0.15) is 6.04 Å². The van der Waals surface area contributed by atoms with E-state index in [0.717, 1.165) is 24.1 Å². The summed E-state index contributed by atoms with van der Waals surface area (Å²) in [4.78, 5) is 23.8. The summed E-state index contributed by atoms with van der Waals surface area (Å²) in [5, 5.41) is 16.3. The summed E-state index contributed by atoms with van der Waals surface area (Å²) in [6, 6.07) is 8.65. The molecule has 0 saturated carbocycles. The van der Waals surface area contributed by atoms with Gasteiger partial charge in [-0.05, 0) is 30.5 Å². The molecule has 2 atom stereocenters. The van der Waals surface area contributed by atoms with Crippen LogP contribution in [-0.4, -0.2) is 46.0 Å². The third-order valence-corrected chi connectivity index (χ3v) is 4.27. The van der Waals surface area contributed by atoms with Gasteiger partial charge in [-0.2, -0.15) is 5.10 Å². The molecule has 0 aliphatic carbocycles. The average Bonchev–Trinajstić information content (AvgIpc) is 3.09. The highest BCUT2D eigenvalue weighted by Gasteiger charge is 2.31. The predicted molar refractivity (Wildman–Crippen MR) is 90.4 cm³/mol. The van der Waals surface area contributed by atoms with Crippen molar-refractivity contribution in [3.05, 3.63) is 48.3 Å². The third-order valence-electron chi connectivity index (χ3n) is 4.27. The molecule has 1 fully saturated rings. The van der Waals surface area contributed by atoms with Crippen molar-refractivity contribution in [2.45, 2.75) is 25.3 Å². The van der Waals surface area contributed by atoms with E-state index in [0.29, 0.717) is 13.2 Å². The zero-order valence-corrected chi connectivity index (χ0v) is 13.8. The number of carboxylic acid groups (broad SMARTS) is 1. The topological polar surface area (TPSA) is 93.5 Å². The number of para-hydroxylation sites is 1. The van der Waals surface area contributed by atoms with Gasteiger partial charge in [0.25, 0.3) is 0 Å². The number of nitrogens with one attached hydrogen (secondary N) is 1. The molecule has 2 aromatic rings. The Morgan fingerprint density at radius 2 is 2.16 bits per heavy atom. The molecule has 1 aromatic heterocycles. The minimum absolute atomic E-state index is 0.0875. The first-order valence-electron chi connectivity index (χ1n) is 8.32. The fraction of sp³-hybridized carbons (Fsp3) is 0.389. The molecule has 132 valence electrons. The van der Waals surface area contributed by atoms with Gasteiger partial charge in [0.2, 0.25) is 5.91 Å². The summed E-state index contributed by atoms with van der Waals surface area (Å²) in [5.74, 6) is -1.54. The Hall–Kier alpha value is -2.67. The van der Waals surface area contributed by atoms with Crippen LogP contribution in [0.15, 0.2) is 42.7 Å². The van der Waals surface area contributed by atoms with Gasteiger partial charge in [-0.3, -0.25) is 4.79 Å². The van der Waals surface area contributed by atoms with Crippen molar-refractivity contribution in [1.82, 2.24) is 15.1 Å². The van der Waals surface area contributed by atoms with Crippen LogP contribution < -0.4 is 5.32 Å². The molecule has 1 aromatic carbocycles. The molecule has 0 bridgehead atoms. The molecular formula is C18H21N3O4. The van der Waals surface area contributed by atoms with E-state index in [2.05, 4.69) is 10.4 Å². The van der Waals surface area contributed by atoms with Crippen molar-refractivity contribution >= 4 is 11.9 Å². The Morgan fingerprint density at radius 3 is 2.84 bits per heavy atom. The van der Waals surface area contributed by atoms with Crippen LogP contribution in [0.1, 0.15) is 18.4 Å². The van der Waals surface area contributed by atoms with E-state index in [9.17, 15) is 14.7 Å². The number of benzene rings is 1. The highest BCUT2D eigenvalue weighted by Crippen LogP contribution is 2.18. The maximum absolute atomic E-state index is 12.3. The number of ether oxygens (including phenoxy) is 1. The van der Waals surface area contributed by atoms with Gasteiger partial charge in [-0.25, -0.2) is 9.48 Å². The number of carbonyl (C=O) groups is 2. The van der Waals surface area contributed by atoms with Gasteiger partial charge >= 0.3 is 5.97 Å². The zero-order chi connectivity index (χ0) is 17.6. The van der Waals surface area contributed by atoms with Crippen LogP contribution in [-0.2, 0) is 20.7 Å². The Kier molecular flexibility index (Phi) is 5.45. The van der Waals surface area contributed by atoms with E-state index in [4.69, 9.17) is 4.74 Å². The second-order valence-corrected chi connectivity index (χ2v) is 6.17. The molecule has 25 heavy (non-hydrogen) atoms. The Labute approximate surface area is 145 Å². The largest absolute Gasteiger partial charge is 0.480 e. The lowest BCUT2D eigenvalue weighted by Crippen LogP contribution is -2.48. The van der Waals surface area contributed by atoms with Crippen molar-refractivity contribution < 1.29 is 19.4 Å². The summed E-state index contributed by atoms with van der Waals surface area (Å²) in [7, 11) is 0. The normalized spacial score (nSPS) is 18.5. The molecule has 3 rings (SSSR count). The first-order chi connectivity index (χ1) is 12.1. The van der Waals surface area contributed by atoms with Crippen molar-refractivity contribution in [3.63, 3.8) is 0 Å². The van der Waals surface area contributed by atoms with E-state index in [1.165, 1.54) is 0 Å². The van der Waals surface area contributed by atoms with E-state index < -0.39 is 12.0 Å². The van der Waals surface area contributed by atoms with Crippen LogP contribution in [0.2, 0.25) is 0 Å². The average molecular weight is 343 g/mol. The number of aliphatic carboxylic acids is 1. The Morgan fingerprint density at radius 1 is 1.36 bits per heavy atom. The monoisotopic (exact) mass is 343 g/mol. The van der Waals surface area contributed by atoms with E-state index in [-0.39, 0.29) is 18.2 Å². The number of hydrogen-bond donors (Lipinski definition) is 2. The maximum Gasteiger partial charge on any atom is 0.326 e. The fourth-order valence-electron chi connectivity index (χ4n) is 2.99. The number of hydrogen-bond acceptors (Lipinski definition) is 4. The standard InChI is InChI=1S/C18H21N3O4/c22-16(20-17(18(23)24)14-5-4-8-25-12-14)9-13-10-19-21(11-13)15-6-2-1-3-7-15/h1-3,6-7,10-11,14,17H,4-5,8-9,12H2,(H,20,22)(H,23,24). The fourth-order valence-corrected chi connectivity index (χ4v) is 2.99. The molecule has 2 heterocycles. The molecule has 1 saturated heterocycles. The lowest BCUT2D eigenvalue weighted by Gasteiger charge is -2.28. The van der Waals surface area contributed by atoms with Crippen LogP contribution >= 0.6 is 0 Å². The predicted octanol–water partition coefficient (Wildman–Crippen LogP) is 1.41. The second kappa shape index (κ2) is 7.94. The van der Waals surface area contributed by atoms with Crippen LogP contribution in [0.3, 0.4) is 0 Å². The number of rotatable bonds is 6. The lowest BCUT2D eigenvalue weighted by atomic mass is 9.93. The van der Waals surface area contributed by atoms with Gasteiger partial charge in [0, 0.05) is 18.7 Å². The summed E-state index contributed by atoms with van der Waals surface area (Å²) >= 11 is 0. The van der Waals surface area contributed by atoms with E-state index in [1.54, 1.807) is 17.1 Å². The highest BCUT2D eigenvalue weighted by atomic mass is 16.5. The van der Waals surface area contributed by atoms with Crippen LogP contribution in [0.5, 0.6) is 0 Å². The third kappa shape index (κ3) is 4.45. The highest BCUT2D eigenvalue weighted by molar-refractivity contribution is 5.85. The van der Waals surface area contributed by atoms with Crippen molar-refractivity contribution in [1.29, 1.82) is 0 Å². The van der Waals surface area contributed by atoms with Gasteiger partial charge in [-0.15, -0.1) is 0 Å². The second-order valence-electron chi connectivity index (χ2n) is 6.17. The summed E-state index contributed by atoms with van der Waals surface area (Å²) in [6.07, 6.45) is 5.03. The van der Waals surface area contributed by atoms with Crippen LogP contribution in [0.4, 0.5) is 0 Å². The maximum atomic E-state index is 12.3. The minimum Gasteiger partial charge on any atom is -0.480 e. The quantitative estimate of drug-likeness (QED) is 0.827. The van der Waals surface area contributed by atoms with Crippen molar-refractivity contribution in [2.24, 2.45) is 5.92 Å². The Balaban J connectivity index is 1.61. The van der Waals surface area contributed by atoms with Gasteiger partial charge < -0.3 is 15.2 Å². The van der Waals surface area contributed by atoms with Crippen molar-refractivity contribution in [2.75, 3.05) is 13.2 Å². The first-order valence-corrected chi connectivity index (χ1v) is 8.32. The SMILES string of the molecule is O=C(Cc1cnn(-c2ccccc2)c1)NC(C(=O)O)C1CCCOC1. The summed E-state index contributed by atoms with van der Waals surface area (Å²) in [6.45, 7) is 1.01. The van der Waals surface area contributed by atoms with E-state index in [1.807, 2.05) is 30.3 Å². The molecule has 7 nitrogen and oxygen atoms in total. The summed E-state index contributed by atoms with van der Waals surface area (Å²) in [5.41, 5.74) is 1.63. The van der Waals surface area contributed by atoms with Crippen LogP contribution in [0.25, 0.3) is 5.69 Å². The number of carbonyl (C=O) groups excluding carboxylic acids is 1. The number of aromatic nitrogens is 2. The molecule has 1 aliphatic rings. The van der Waals surface area contributed by atoms with Gasteiger partial charge in [0.15, 0.2) is 0 Å². The number of carboxylic acids is 1. The minimum atomic E-state index is -1.02. The van der Waals surface area contributed by atoms with Crippen LogP contribution in [0, 0.1) is 5.92 Å². The molecule has 0 spiro atoms. The number of nitrogens with zero attached hydrogens (tertiary/aromatic N) is 2. The molecule has 1 aliphatic heterocycles. The zero-order valence-electron chi connectivity index (χ0n) is 13.8. The lowest BCUT2D eigenvalue weighted by molar-refractivity contribution is -0.145. The summed E-state index contributed by atoms with van der Waals surface area (Å²) < 4.78 is 7.02. The number of amides is 1. The van der Waals surface area contributed by atoms with E-state index >= 15 is 0 Å². The smallest absolute Gasteiger partial charge is 0.326 e.